The number of hydrogen-bond acceptors (Lipinski definition) is 10. The molecule has 38 heavy (non-hydrogen) atoms. The number of hydrogen-bond donors (Lipinski definition) is 3. The Morgan fingerprint density at radius 1 is 1.34 bits per heavy atom. The molecular formula is C23H28FN4O9P. The fourth-order valence-corrected chi connectivity index (χ4v) is 5.16. The molecule has 15 heteroatoms. The topological polar surface area (TPSA) is 182 Å². The Balaban J connectivity index is 1.86. The molecule has 3 rings (SSSR count). The Morgan fingerprint density at radius 2 is 2.00 bits per heavy atom. The van der Waals surface area contributed by atoms with Crippen LogP contribution in [0.4, 0.5) is 4.39 Å². The molecular weight excluding hydrogens is 526 g/mol. The van der Waals surface area contributed by atoms with Gasteiger partial charge in [-0.25, -0.2) is 9.36 Å². The van der Waals surface area contributed by atoms with E-state index in [1.165, 1.54) is 26.0 Å². The first-order valence-corrected chi connectivity index (χ1v) is 13.1. The Labute approximate surface area is 216 Å². The Hall–Kier alpha value is -3.34. The molecule has 1 aliphatic rings. The molecule has 1 aliphatic heterocycles. The summed E-state index contributed by atoms with van der Waals surface area (Å²) < 4.78 is 50.0. The largest absolute Gasteiger partial charge is 0.462 e. The monoisotopic (exact) mass is 554 g/mol. The molecule has 6 atom stereocenters. The van der Waals surface area contributed by atoms with Crippen molar-refractivity contribution in [1.82, 2.24) is 14.6 Å². The van der Waals surface area contributed by atoms with Gasteiger partial charge in [0.25, 0.3) is 5.56 Å². The molecule has 206 valence electrons. The molecule has 6 unspecified atom stereocenters. The van der Waals surface area contributed by atoms with Crippen LogP contribution in [-0.2, 0) is 23.4 Å². The van der Waals surface area contributed by atoms with Crippen LogP contribution in [0.15, 0.2) is 46.1 Å². The number of esters is 1. The van der Waals surface area contributed by atoms with Crippen LogP contribution < -0.4 is 20.9 Å². The summed E-state index contributed by atoms with van der Waals surface area (Å²) in [5, 5.41) is 23.1. The molecule has 2 aromatic rings. The molecule has 1 fully saturated rings. The van der Waals surface area contributed by atoms with Crippen molar-refractivity contribution in [3.05, 3.63) is 63.2 Å². The molecule has 1 aromatic heterocycles. The van der Waals surface area contributed by atoms with Crippen molar-refractivity contribution in [3.8, 4) is 11.8 Å². The van der Waals surface area contributed by atoms with Gasteiger partial charge in [-0.1, -0.05) is 18.2 Å². The van der Waals surface area contributed by atoms with Gasteiger partial charge in [0, 0.05) is 0 Å². The first-order chi connectivity index (χ1) is 17.8. The number of H-pyrrole nitrogens is 1. The SMILES string of the molecule is CC(C)OC(=O)C(C)NP(=O)(OCC1OC(n2cc(F)c(=O)[nH]c2=O)C(C)(C#N)C1O)Oc1ccccc1. The van der Waals surface area contributed by atoms with E-state index in [1.54, 1.807) is 37.0 Å². The number of nitriles is 1. The summed E-state index contributed by atoms with van der Waals surface area (Å²) in [5.41, 5.74) is -4.15. The van der Waals surface area contributed by atoms with Crippen LogP contribution in [-0.4, -0.2) is 51.6 Å². The van der Waals surface area contributed by atoms with Crippen molar-refractivity contribution in [2.75, 3.05) is 6.61 Å². The third-order valence-corrected chi connectivity index (χ3v) is 7.28. The fraction of sp³-hybridized carbons (Fsp3) is 0.478. The van der Waals surface area contributed by atoms with Crippen molar-refractivity contribution in [2.45, 2.75) is 58.3 Å². The number of nitrogens with zero attached hydrogens (tertiary/aromatic N) is 2. The standard InChI is InChI=1S/C23H28FN4O9P/c1-13(2)35-20(31)14(3)27-38(33,37-15-8-6-5-7-9-15)34-11-17-18(29)23(4,12-25)21(36-17)28-10-16(24)19(30)26-22(28)32/h5-10,13-14,17-18,21,29H,11H2,1-4H3,(H,27,33)(H,26,30,32). The highest BCUT2D eigenvalue weighted by molar-refractivity contribution is 7.52. The van der Waals surface area contributed by atoms with E-state index in [-0.39, 0.29) is 5.75 Å². The van der Waals surface area contributed by atoms with Gasteiger partial charge in [0.05, 0.1) is 25.0 Å². The second kappa shape index (κ2) is 11.6. The lowest BCUT2D eigenvalue weighted by Crippen LogP contribution is -2.41. The molecule has 1 aromatic carbocycles. The van der Waals surface area contributed by atoms with Gasteiger partial charge in [0.2, 0.25) is 5.82 Å². The number of aromatic nitrogens is 2. The molecule has 2 heterocycles. The first-order valence-electron chi connectivity index (χ1n) is 11.5. The highest BCUT2D eigenvalue weighted by Gasteiger charge is 2.55. The lowest BCUT2D eigenvalue weighted by atomic mass is 9.84. The highest BCUT2D eigenvalue weighted by atomic mass is 31.2. The van der Waals surface area contributed by atoms with Crippen molar-refractivity contribution in [3.63, 3.8) is 0 Å². The zero-order valence-electron chi connectivity index (χ0n) is 21.0. The summed E-state index contributed by atoms with van der Waals surface area (Å²) in [4.78, 5) is 37.8. The number of benzene rings is 1. The van der Waals surface area contributed by atoms with Gasteiger partial charge in [-0.2, -0.15) is 14.7 Å². The second-order valence-corrected chi connectivity index (χ2v) is 10.7. The maximum absolute atomic E-state index is 13.9. The summed E-state index contributed by atoms with van der Waals surface area (Å²) >= 11 is 0. The minimum absolute atomic E-state index is 0.135. The number of aromatic amines is 1. The van der Waals surface area contributed by atoms with Crippen molar-refractivity contribution >= 4 is 13.7 Å². The van der Waals surface area contributed by atoms with Crippen LogP contribution in [0.3, 0.4) is 0 Å². The predicted molar refractivity (Wildman–Crippen MR) is 129 cm³/mol. The van der Waals surface area contributed by atoms with Gasteiger partial charge < -0.3 is 19.1 Å². The van der Waals surface area contributed by atoms with Gasteiger partial charge in [-0.3, -0.25) is 23.7 Å². The number of nitrogens with one attached hydrogen (secondary N) is 2. The number of aliphatic hydroxyl groups excluding tert-OH is 1. The summed E-state index contributed by atoms with van der Waals surface area (Å²) in [6.45, 7) is 5.29. The van der Waals surface area contributed by atoms with Gasteiger partial charge >= 0.3 is 19.4 Å². The quantitative estimate of drug-likeness (QED) is 0.286. The molecule has 0 aliphatic carbocycles. The number of halogens is 1. The molecule has 1 saturated heterocycles. The Morgan fingerprint density at radius 3 is 2.61 bits per heavy atom. The number of carbonyl (C=O) groups excluding carboxylic acids is 1. The zero-order chi connectivity index (χ0) is 28.3. The molecule has 0 saturated carbocycles. The van der Waals surface area contributed by atoms with Crippen LogP contribution in [0.2, 0.25) is 0 Å². The van der Waals surface area contributed by atoms with Crippen LogP contribution in [0.25, 0.3) is 0 Å². The van der Waals surface area contributed by atoms with Crippen LogP contribution in [0, 0.1) is 22.6 Å². The number of aliphatic hydroxyl groups is 1. The maximum atomic E-state index is 13.9. The molecule has 3 N–H and O–H groups in total. The predicted octanol–water partition coefficient (Wildman–Crippen LogP) is 1.60. The Kier molecular flexibility index (Phi) is 8.91. The normalized spacial score (nSPS) is 25.4. The minimum atomic E-state index is -4.34. The number of ether oxygens (including phenoxy) is 2. The summed E-state index contributed by atoms with van der Waals surface area (Å²) in [6.07, 6.45) is -4.40. The average molecular weight is 554 g/mol. The lowest BCUT2D eigenvalue weighted by Gasteiger charge is -2.26. The number of para-hydroxylation sites is 1. The van der Waals surface area contributed by atoms with Crippen LogP contribution in [0.1, 0.15) is 33.9 Å². The van der Waals surface area contributed by atoms with Crippen molar-refractivity contribution in [1.29, 1.82) is 5.26 Å². The smallest absolute Gasteiger partial charge is 0.459 e. The van der Waals surface area contributed by atoms with E-state index in [1.807, 2.05) is 6.07 Å². The van der Waals surface area contributed by atoms with Crippen LogP contribution >= 0.6 is 7.75 Å². The summed E-state index contributed by atoms with van der Waals surface area (Å²) in [7, 11) is -4.34. The van der Waals surface area contributed by atoms with E-state index in [2.05, 4.69) is 5.09 Å². The fourth-order valence-electron chi connectivity index (χ4n) is 3.66. The van der Waals surface area contributed by atoms with Crippen molar-refractivity contribution < 1.29 is 37.4 Å². The van der Waals surface area contributed by atoms with E-state index in [9.17, 15) is 33.7 Å². The molecule has 0 amide bonds. The Bertz CT molecular complexity index is 1360. The highest BCUT2D eigenvalue weighted by Crippen LogP contribution is 2.48. The molecule has 0 spiro atoms. The third-order valence-electron chi connectivity index (χ3n) is 5.64. The van der Waals surface area contributed by atoms with Crippen molar-refractivity contribution in [2.24, 2.45) is 5.41 Å². The number of carbonyl (C=O) groups is 1. The third kappa shape index (κ3) is 6.38. The van der Waals surface area contributed by atoms with Gasteiger partial charge in [-0.05, 0) is 39.8 Å². The lowest BCUT2D eigenvalue weighted by molar-refractivity contribution is -0.149. The number of rotatable bonds is 10. The average Bonchev–Trinajstić information content (AvgIpc) is 3.10. The maximum Gasteiger partial charge on any atom is 0.459 e. The van der Waals surface area contributed by atoms with E-state index in [4.69, 9.17) is 18.5 Å². The molecule has 0 radical (unpaired) electrons. The minimum Gasteiger partial charge on any atom is -0.462 e. The zero-order valence-corrected chi connectivity index (χ0v) is 21.9. The van der Waals surface area contributed by atoms with E-state index >= 15 is 0 Å². The van der Waals surface area contributed by atoms with Crippen LogP contribution in [0.5, 0.6) is 5.75 Å². The molecule has 0 bridgehead atoms. The summed E-state index contributed by atoms with van der Waals surface area (Å²) in [6, 6.07) is 8.63. The second-order valence-electron chi connectivity index (χ2n) is 9.04. The van der Waals surface area contributed by atoms with Gasteiger partial charge in [-0.15, -0.1) is 0 Å². The van der Waals surface area contributed by atoms with E-state index < -0.39 is 73.4 Å². The summed E-state index contributed by atoms with van der Waals surface area (Å²) in [5.74, 6) is -1.90. The van der Waals surface area contributed by atoms with E-state index in [0.29, 0.717) is 10.8 Å². The first kappa shape index (κ1) is 29.2. The molecule has 13 nitrogen and oxygen atoms in total. The van der Waals surface area contributed by atoms with Gasteiger partial charge in [0.1, 0.15) is 29.4 Å². The van der Waals surface area contributed by atoms with Gasteiger partial charge in [0.15, 0.2) is 6.23 Å². The van der Waals surface area contributed by atoms with E-state index in [0.717, 1.165) is 0 Å².